The summed E-state index contributed by atoms with van der Waals surface area (Å²) in [6.45, 7) is 1.30. The summed E-state index contributed by atoms with van der Waals surface area (Å²) in [7, 11) is 0. The van der Waals surface area contributed by atoms with Crippen LogP contribution in [0, 0.1) is 5.92 Å². The van der Waals surface area contributed by atoms with Crippen LogP contribution < -0.4 is 5.32 Å². The Balaban J connectivity index is 2.23. The number of hydrogen-bond acceptors (Lipinski definition) is 2. The third kappa shape index (κ3) is 2.14. The first-order valence-corrected chi connectivity index (χ1v) is 3.79. The number of halogens is 2. The van der Waals surface area contributed by atoms with E-state index < -0.39 is 30.4 Å². The third-order valence-corrected chi connectivity index (χ3v) is 1.87. The van der Waals surface area contributed by atoms with Crippen LogP contribution >= 0.6 is 0 Å². The second kappa shape index (κ2) is 3.35. The minimum absolute atomic E-state index is 0.316. The molecule has 0 aromatic heterocycles. The van der Waals surface area contributed by atoms with E-state index in [0.717, 1.165) is 0 Å². The molecule has 0 aromatic rings. The van der Waals surface area contributed by atoms with E-state index in [-0.39, 0.29) is 0 Å². The zero-order chi connectivity index (χ0) is 9.30. The monoisotopic (exact) mass is 179 g/mol. The highest BCUT2D eigenvalue weighted by atomic mass is 19.3. The minimum Gasteiger partial charge on any atom is -0.384 e. The maximum atomic E-state index is 11.9. The summed E-state index contributed by atoms with van der Waals surface area (Å²) in [4.78, 5) is 10.8. The Hall–Kier alpha value is -0.710. The Morgan fingerprint density at radius 2 is 2.25 bits per heavy atom. The molecule has 12 heavy (non-hydrogen) atoms. The van der Waals surface area contributed by atoms with Crippen LogP contribution in [-0.2, 0) is 4.79 Å². The van der Waals surface area contributed by atoms with Crippen molar-refractivity contribution in [3.63, 3.8) is 0 Å². The maximum absolute atomic E-state index is 11.9. The fourth-order valence-corrected chi connectivity index (χ4v) is 0.962. The zero-order valence-corrected chi connectivity index (χ0v) is 6.63. The number of carbonyl (C=O) groups excluding carboxylic acids is 1. The van der Waals surface area contributed by atoms with Gasteiger partial charge in [0.25, 0.3) is 0 Å². The summed E-state index contributed by atoms with van der Waals surface area (Å²) >= 11 is 0. The molecule has 3 nitrogen and oxygen atoms in total. The number of alkyl halides is 2. The topological polar surface area (TPSA) is 49.3 Å². The number of hydrogen-bond donors (Lipinski definition) is 2. The first kappa shape index (κ1) is 9.38. The fourth-order valence-electron chi connectivity index (χ4n) is 0.962. The van der Waals surface area contributed by atoms with E-state index in [2.05, 4.69) is 5.32 Å². The van der Waals surface area contributed by atoms with Crippen LogP contribution in [0.2, 0.25) is 0 Å². The maximum Gasteiger partial charge on any atom is 0.248 e. The SMILES string of the molecule is C[C@H](O)C(=O)N[C@H]1C[C@@H]1C(F)F. The molecule has 5 heteroatoms. The number of carbonyl (C=O) groups is 1. The molecular weight excluding hydrogens is 168 g/mol. The number of nitrogens with one attached hydrogen (secondary N) is 1. The molecule has 70 valence electrons. The smallest absolute Gasteiger partial charge is 0.248 e. The first-order valence-electron chi connectivity index (χ1n) is 3.79. The molecule has 1 aliphatic carbocycles. The Bertz CT molecular complexity index is 184. The number of amides is 1. The summed E-state index contributed by atoms with van der Waals surface area (Å²) in [5, 5.41) is 11.0. The molecule has 1 rings (SSSR count). The van der Waals surface area contributed by atoms with Crippen LogP contribution in [0.1, 0.15) is 13.3 Å². The zero-order valence-electron chi connectivity index (χ0n) is 6.63. The van der Waals surface area contributed by atoms with Crippen molar-refractivity contribution in [2.24, 2.45) is 5.92 Å². The van der Waals surface area contributed by atoms with E-state index >= 15 is 0 Å². The highest BCUT2D eigenvalue weighted by Gasteiger charge is 2.45. The Kier molecular flexibility index (Phi) is 2.62. The molecule has 0 aliphatic heterocycles. The number of aliphatic hydroxyl groups excluding tert-OH is 1. The van der Waals surface area contributed by atoms with E-state index in [4.69, 9.17) is 5.11 Å². The third-order valence-electron chi connectivity index (χ3n) is 1.87. The van der Waals surface area contributed by atoms with Gasteiger partial charge >= 0.3 is 0 Å². The van der Waals surface area contributed by atoms with Crippen molar-refractivity contribution >= 4 is 5.91 Å². The molecule has 0 aromatic carbocycles. The van der Waals surface area contributed by atoms with Gasteiger partial charge in [-0.05, 0) is 13.3 Å². The molecule has 0 radical (unpaired) electrons. The van der Waals surface area contributed by atoms with E-state index in [9.17, 15) is 13.6 Å². The lowest BCUT2D eigenvalue weighted by Gasteiger charge is -2.05. The van der Waals surface area contributed by atoms with Gasteiger partial charge in [-0.2, -0.15) is 0 Å². The van der Waals surface area contributed by atoms with Gasteiger partial charge in [0.1, 0.15) is 6.10 Å². The fraction of sp³-hybridized carbons (Fsp3) is 0.857. The predicted octanol–water partition coefficient (Wildman–Crippen LogP) is 0.137. The van der Waals surface area contributed by atoms with Crippen molar-refractivity contribution in [3.05, 3.63) is 0 Å². The van der Waals surface area contributed by atoms with Gasteiger partial charge in [0, 0.05) is 12.0 Å². The van der Waals surface area contributed by atoms with Gasteiger partial charge in [-0.1, -0.05) is 0 Å². The van der Waals surface area contributed by atoms with Crippen molar-refractivity contribution in [2.45, 2.75) is 31.9 Å². The quantitative estimate of drug-likeness (QED) is 0.647. The molecule has 1 saturated carbocycles. The highest BCUT2D eigenvalue weighted by molar-refractivity contribution is 5.80. The first-order chi connectivity index (χ1) is 5.52. The van der Waals surface area contributed by atoms with Crippen LogP contribution in [0.15, 0.2) is 0 Å². The molecule has 0 bridgehead atoms. The largest absolute Gasteiger partial charge is 0.384 e. The van der Waals surface area contributed by atoms with E-state index in [1.54, 1.807) is 0 Å². The van der Waals surface area contributed by atoms with Crippen molar-refractivity contribution in [1.29, 1.82) is 0 Å². The molecule has 0 saturated heterocycles. The molecule has 2 N–H and O–H groups in total. The predicted molar refractivity (Wildman–Crippen MR) is 37.7 cm³/mol. The lowest BCUT2D eigenvalue weighted by atomic mass is 10.3. The standard InChI is InChI=1S/C7H11F2NO2/c1-3(11)7(12)10-5-2-4(5)6(8)9/h3-6,11H,2H2,1H3,(H,10,12)/t3-,4-,5-/m0/s1. The van der Waals surface area contributed by atoms with Crippen LogP contribution in [-0.4, -0.2) is 29.6 Å². The van der Waals surface area contributed by atoms with Crippen LogP contribution in [0.5, 0.6) is 0 Å². The average Bonchev–Trinajstić information content (AvgIpc) is 2.67. The lowest BCUT2D eigenvalue weighted by molar-refractivity contribution is -0.128. The van der Waals surface area contributed by atoms with Crippen molar-refractivity contribution in [1.82, 2.24) is 5.32 Å². The second-order valence-corrected chi connectivity index (χ2v) is 3.03. The van der Waals surface area contributed by atoms with E-state index in [0.29, 0.717) is 6.42 Å². The summed E-state index contributed by atoms with van der Waals surface area (Å²) in [6, 6.07) is -0.438. The van der Waals surface area contributed by atoms with E-state index in [1.807, 2.05) is 0 Å². The van der Waals surface area contributed by atoms with E-state index in [1.165, 1.54) is 6.92 Å². The molecule has 0 spiro atoms. The highest BCUT2D eigenvalue weighted by Crippen LogP contribution is 2.35. The van der Waals surface area contributed by atoms with Gasteiger partial charge in [-0.15, -0.1) is 0 Å². The van der Waals surface area contributed by atoms with Gasteiger partial charge in [0.05, 0.1) is 0 Å². The Morgan fingerprint density at radius 1 is 1.67 bits per heavy atom. The molecule has 0 unspecified atom stereocenters. The van der Waals surface area contributed by atoms with Crippen LogP contribution in [0.3, 0.4) is 0 Å². The van der Waals surface area contributed by atoms with Gasteiger partial charge in [0.15, 0.2) is 0 Å². The summed E-state index contributed by atoms with van der Waals surface area (Å²) in [5.74, 6) is -1.30. The molecule has 1 aliphatic rings. The van der Waals surface area contributed by atoms with Crippen molar-refractivity contribution in [3.8, 4) is 0 Å². The summed E-state index contributed by atoms with van der Waals surface area (Å²) < 4.78 is 23.8. The average molecular weight is 179 g/mol. The molecule has 0 heterocycles. The second-order valence-electron chi connectivity index (χ2n) is 3.03. The van der Waals surface area contributed by atoms with Crippen molar-refractivity contribution in [2.75, 3.05) is 0 Å². The summed E-state index contributed by atoms with van der Waals surface area (Å²) in [5.41, 5.74) is 0. The Morgan fingerprint density at radius 3 is 2.58 bits per heavy atom. The van der Waals surface area contributed by atoms with Gasteiger partial charge in [-0.25, -0.2) is 8.78 Å². The van der Waals surface area contributed by atoms with Gasteiger partial charge in [0.2, 0.25) is 12.3 Å². The van der Waals surface area contributed by atoms with Crippen molar-refractivity contribution < 1.29 is 18.7 Å². The van der Waals surface area contributed by atoms with Gasteiger partial charge in [-0.3, -0.25) is 4.79 Å². The summed E-state index contributed by atoms with van der Waals surface area (Å²) in [6.07, 6.45) is -3.18. The van der Waals surface area contributed by atoms with Crippen LogP contribution in [0.25, 0.3) is 0 Å². The lowest BCUT2D eigenvalue weighted by Crippen LogP contribution is -2.35. The molecule has 1 amide bonds. The Labute approximate surface area is 68.8 Å². The molecule has 3 atom stereocenters. The molecular formula is C7H11F2NO2. The van der Waals surface area contributed by atoms with Crippen LogP contribution in [0.4, 0.5) is 8.78 Å². The van der Waals surface area contributed by atoms with Gasteiger partial charge < -0.3 is 10.4 Å². The molecule has 1 fully saturated rings. The number of aliphatic hydroxyl groups is 1. The normalized spacial score (nSPS) is 30.1. The minimum atomic E-state index is -2.37. The number of rotatable bonds is 3.